The summed E-state index contributed by atoms with van der Waals surface area (Å²) in [5, 5.41) is 3.40. The van der Waals surface area contributed by atoms with Crippen LogP contribution in [0.25, 0.3) is 10.9 Å². The van der Waals surface area contributed by atoms with Gasteiger partial charge in [0.15, 0.2) is 0 Å². The van der Waals surface area contributed by atoms with Gasteiger partial charge in [0, 0.05) is 74.7 Å². The van der Waals surface area contributed by atoms with Crippen LogP contribution in [-0.2, 0) is 27.4 Å². The van der Waals surface area contributed by atoms with Gasteiger partial charge in [-0.05, 0) is 54.3 Å². The summed E-state index contributed by atoms with van der Waals surface area (Å²) in [5.74, 6) is 1.88. The summed E-state index contributed by atoms with van der Waals surface area (Å²) in [4.78, 5) is 52.7. The van der Waals surface area contributed by atoms with E-state index in [4.69, 9.17) is 19.4 Å². The lowest BCUT2D eigenvalue weighted by molar-refractivity contribution is -0.136. The van der Waals surface area contributed by atoms with E-state index in [2.05, 4.69) is 33.3 Å². The maximum absolute atomic E-state index is 13.0. The maximum atomic E-state index is 13.0. The molecule has 5 aliphatic heterocycles. The molecule has 0 spiro atoms. The van der Waals surface area contributed by atoms with Gasteiger partial charge in [-0.2, -0.15) is 0 Å². The standard InChI is InChI=1S/C32H34N6O5/c39-29-6-5-28(30(40)35-29)38-15-21-10-24(2-3-26(21)31(38)41)43-25-7-8-36(16-25)12-19-1-4-27-20(9-19)11-33-32(34-27)37-13-22-17-42-18-23(22)14-37/h1-4,9-11,22-23,25,28H,5-8,12-18H2,(H,35,39,40)/t22-,23+,25?,28?. The van der Waals surface area contributed by atoms with Crippen LogP contribution in [-0.4, -0.2) is 89.0 Å². The van der Waals surface area contributed by atoms with E-state index in [0.29, 0.717) is 30.4 Å². The SMILES string of the molecule is O=C1CCC(N2Cc3cc(OC4CCN(Cc5ccc6nc(N7C[C@H]8COC[C@H]8C7)ncc6c5)C4)ccc3C2=O)C(=O)N1. The van der Waals surface area contributed by atoms with Crippen LogP contribution in [0, 0.1) is 11.8 Å². The Morgan fingerprint density at radius 2 is 1.86 bits per heavy atom. The third-order valence-corrected chi connectivity index (χ3v) is 9.59. The first-order valence-electron chi connectivity index (χ1n) is 15.2. The monoisotopic (exact) mass is 582 g/mol. The number of aromatic nitrogens is 2. The molecule has 8 rings (SSSR count). The third kappa shape index (κ3) is 5.00. The Labute approximate surface area is 249 Å². The van der Waals surface area contributed by atoms with Gasteiger partial charge >= 0.3 is 0 Å². The number of ether oxygens (including phenoxy) is 2. The number of carbonyl (C=O) groups excluding carboxylic acids is 3. The quantitative estimate of drug-likeness (QED) is 0.436. The van der Waals surface area contributed by atoms with Crippen LogP contribution < -0.4 is 15.0 Å². The smallest absolute Gasteiger partial charge is 0.255 e. The summed E-state index contributed by atoms with van der Waals surface area (Å²) in [6.45, 7) is 6.55. The van der Waals surface area contributed by atoms with Crippen LogP contribution in [0.5, 0.6) is 5.75 Å². The summed E-state index contributed by atoms with van der Waals surface area (Å²) in [5.41, 5.74) is 3.64. The van der Waals surface area contributed by atoms with Crippen molar-refractivity contribution in [1.82, 2.24) is 25.1 Å². The van der Waals surface area contributed by atoms with Crippen molar-refractivity contribution in [3.05, 3.63) is 59.3 Å². The zero-order valence-corrected chi connectivity index (χ0v) is 23.9. The number of hydrogen-bond acceptors (Lipinski definition) is 9. The largest absolute Gasteiger partial charge is 0.489 e. The van der Waals surface area contributed by atoms with E-state index in [1.165, 1.54) is 5.56 Å². The number of carbonyl (C=O) groups is 3. The molecule has 11 nitrogen and oxygen atoms in total. The molecule has 3 aromatic rings. The first-order valence-corrected chi connectivity index (χ1v) is 15.2. The second kappa shape index (κ2) is 10.6. The number of nitrogens with one attached hydrogen (secondary N) is 1. The Bertz CT molecular complexity index is 1620. The van der Waals surface area contributed by atoms with Crippen molar-refractivity contribution in [3.8, 4) is 5.75 Å². The number of imide groups is 1. The molecule has 6 heterocycles. The summed E-state index contributed by atoms with van der Waals surface area (Å²) in [7, 11) is 0. The predicted octanol–water partition coefficient (Wildman–Crippen LogP) is 2.13. The summed E-state index contributed by atoms with van der Waals surface area (Å²) in [6, 6.07) is 11.4. The van der Waals surface area contributed by atoms with Gasteiger partial charge in [-0.3, -0.25) is 24.6 Å². The van der Waals surface area contributed by atoms with Gasteiger partial charge in [-0.15, -0.1) is 0 Å². The molecular formula is C32H34N6O5. The molecule has 4 fully saturated rings. The van der Waals surface area contributed by atoms with Crippen LogP contribution in [0.3, 0.4) is 0 Å². The van der Waals surface area contributed by atoms with Crippen LogP contribution in [0.4, 0.5) is 5.95 Å². The van der Waals surface area contributed by atoms with Gasteiger partial charge in [0.1, 0.15) is 17.9 Å². The Morgan fingerprint density at radius 3 is 2.70 bits per heavy atom. The normalized spacial score (nSPS) is 27.2. The number of fused-ring (bicyclic) bond motifs is 3. The fourth-order valence-corrected chi connectivity index (χ4v) is 7.29. The van der Waals surface area contributed by atoms with Crippen molar-refractivity contribution in [2.75, 3.05) is 44.3 Å². The zero-order chi connectivity index (χ0) is 29.1. The molecule has 3 amide bonds. The van der Waals surface area contributed by atoms with Gasteiger partial charge in [-0.1, -0.05) is 6.07 Å². The van der Waals surface area contributed by atoms with Crippen molar-refractivity contribution in [1.29, 1.82) is 0 Å². The molecule has 5 aliphatic rings. The molecule has 2 aromatic carbocycles. The second-order valence-electron chi connectivity index (χ2n) is 12.5. The molecule has 2 unspecified atom stereocenters. The van der Waals surface area contributed by atoms with Gasteiger partial charge in [-0.25, -0.2) is 9.97 Å². The number of anilines is 1. The molecule has 0 aliphatic carbocycles. The van der Waals surface area contributed by atoms with Crippen molar-refractivity contribution in [3.63, 3.8) is 0 Å². The van der Waals surface area contributed by atoms with E-state index < -0.39 is 11.9 Å². The summed E-state index contributed by atoms with van der Waals surface area (Å²) in [6.07, 6.45) is 3.51. The van der Waals surface area contributed by atoms with E-state index in [1.54, 1.807) is 11.0 Å². The Balaban J connectivity index is 0.877. The number of likely N-dealkylation sites (tertiary alicyclic amines) is 1. The number of rotatable bonds is 6. The molecule has 11 heteroatoms. The topological polar surface area (TPSA) is 117 Å². The van der Waals surface area contributed by atoms with Gasteiger partial charge in [0.2, 0.25) is 17.8 Å². The van der Waals surface area contributed by atoms with Crippen LogP contribution in [0.15, 0.2) is 42.6 Å². The minimum atomic E-state index is -0.616. The molecular weight excluding hydrogens is 548 g/mol. The Hall–Kier alpha value is -4.09. The Morgan fingerprint density at radius 1 is 1.00 bits per heavy atom. The maximum Gasteiger partial charge on any atom is 0.255 e. The fraction of sp³-hybridized carbons (Fsp3) is 0.469. The second-order valence-corrected chi connectivity index (χ2v) is 12.5. The number of hydrogen-bond donors (Lipinski definition) is 1. The summed E-state index contributed by atoms with van der Waals surface area (Å²) >= 11 is 0. The van der Waals surface area contributed by atoms with E-state index in [0.717, 1.165) is 80.5 Å². The van der Waals surface area contributed by atoms with Crippen molar-refractivity contribution < 1.29 is 23.9 Å². The van der Waals surface area contributed by atoms with Crippen molar-refractivity contribution in [2.45, 2.75) is 44.5 Å². The summed E-state index contributed by atoms with van der Waals surface area (Å²) < 4.78 is 12.0. The lowest BCUT2D eigenvalue weighted by Crippen LogP contribution is -2.52. The molecule has 1 N–H and O–H groups in total. The highest BCUT2D eigenvalue weighted by Gasteiger charge is 2.40. The molecule has 43 heavy (non-hydrogen) atoms. The first kappa shape index (κ1) is 26.5. The van der Waals surface area contributed by atoms with Crippen LogP contribution >= 0.6 is 0 Å². The van der Waals surface area contributed by atoms with Crippen molar-refractivity contribution >= 4 is 34.6 Å². The number of nitrogens with zero attached hydrogens (tertiary/aromatic N) is 5. The molecule has 0 saturated carbocycles. The van der Waals surface area contributed by atoms with E-state index in [9.17, 15) is 14.4 Å². The molecule has 4 saturated heterocycles. The Kier molecular flexibility index (Phi) is 6.52. The lowest BCUT2D eigenvalue weighted by Gasteiger charge is -2.29. The highest BCUT2D eigenvalue weighted by Crippen LogP contribution is 2.33. The van der Waals surface area contributed by atoms with Gasteiger partial charge in [0.05, 0.1) is 18.7 Å². The van der Waals surface area contributed by atoms with E-state index in [-0.39, 0.29) is 24.3 Å². The number of piperidine rings is 1. The fourth-order valence-electron chi connectivity index (χ4n) is 7.29. The average molecular weight is 583 g/mol. The lowest BCUT2D eigenvalue weighted by atomic mass is 10.0. The minimum Gasteiger partial charge on any atom is -0.489 e. The highest BCUT2D eigenvalue weighted by molar-refractivity contribution is 6.05. The predicted molar refractivity (Wildman–Crippen MR) is 156 cm³/mol. The number of benzene rings is 2. The highest BCUT2D eigenvalue weighted by atomic mass is 16.5. The van der Waals surface area contributed by atoms with Crippen LogP contribution in [0.2, 0.25) is 0 Å². The van der Waals surface area contributed by atoms with E-state index in [1.807, 2.05) is 18.3 Å². The van der Waals surface area contributed by atoms with E-state index >= 15 is 0 Å². The molecule has 1 aromatic heterocycles. The average Bonchev–Trinajstić information content (AvgIpc) is 3.78. The third-order valence-electron chi connectivity index (χ3n) is 9.59. The molecule has 0 radical (unpaired) electrons. The van der Waals surface area contributed by atoms with Gasteiger partial charge < -0.3 is 19.3 Å². The number of amides is 3. The molecule has 222 valence electrons. The van der Waals surface area contributed by atoms with Crippen molar-refractivity contribution in [2.24, 2.45) is 11.8 Å². The molecule has 0 bridgehead atoms. The first-order chi connectivity index (χ1) is 21.0. The van der Waals surface area contributed by atoms with Gasteiger partial charge in [0.25, 0.3) is 5.91 Å². The zero-order valence-electron chi connectivity index (χ0n) is 23.9. The minimum absolute atomic E-state index is 0.0538. The molecule has 4 atom stereocenters. The van der Waals surface area contributed by atoms with Crippen LogP contribution in [0.1, 0.15) is 40.7 Å².